The molecule has 2 nitrogen and oxygen atoms in total. The first-order chi connectivity index (χ1) is 8.66. The molecule has 1 aromatic rings. The third-order valence-corrected chi connectivity index (χ3v) is 4.67. The first-order valence-corrected chi connectivity index (χ1v) is 7.93. The smallest absolute Gasteiger partial charge is 0.0361 e. The molecular formula is C15H24N2S. The molecule has 0 aromatic heterocycles. The van der Waals surface area contributed by atoms with Gasteiger partial charge in [-0.3, -0.25) is 0 Å². The lowest BCUT2D eigenvalue weighted by Crippen LogP contribution is -2.34. The molecule has 0 spiro atoms. The number of nitrogens with zero attached hydrogens (tertiary/aromatic N) is 1. The molecule has 1 heterocycles. The first-order valence-electron chi connectivity index (χ1n) is 6.78. The Kier molecular flexibility index (Phi) is 4.95. The number of nitrogens with one attached hydrogen (secondary N) is 1. The van der Waals surface area contributed by atoms with E-state index in [4.69, 9.17) is 0 Å². The highest BCUT2D eigenvalue weighted by atomic mass is 32.2. The van der Waals surface area contributed by atoms with Crippen molar-refractivity contribution in [2.45, 2.75) is 31.8 Å². The highest BCUT2D eigenvalue weighted by molar-refractivity contribution is 7.99. The molecule has 0 aliphatic carbocycles. The fourth-order valence-corrected chi connectivity index (χ4v) is 3.48. The van der Waals surface area contributed by atoms with Crippen LogP contribution in [0.3, 0.4) is 0 Å². The Morgan fingerprint density at radius 2 is 1.78 bits per heavy atom. The van der Waals surface area contributed by atoms with Gasteiger partial charge in [0.1, 0.15) is 0 Å². The molecule has 1 fully saturated rings. The summed E-state index contributed by atoms with van der Waals surface area (Å²) in [5.41, 5.74) is 2.65. The van der Waals surface area contributed by atoms with Crippen molar-refractivity contribution >= 4 is 17.4 Å². The Bertz CT molecular complexity index is 355. The zero-order valence-electron chi connectivity index (χ0n) is 11.6. The Hall–Kier alpha value is -0.670. The molecule has 100 valence electrons. The summed E-state index contributed by atoms with van der Waals surface area (Å²) < 4.78 is 0. The molecule has 1 aliphatic rings. The van der Waals surface area contributed by atoms with Crippen molar-refractivity contribution in [3.05, 3.63) is 29.8 Å². The van der Waals surface area contributed by atoms with Crippen LogP contribution in [0.5, 0.6) is 0 Å². The maximum atomic E-state index is 3.76. The van der Waals surface area contributed by atoms with E-state index in [-0.39, 0.29) is 0 Å². The third kappa shape index (κ3) is 3.66. The topological polar surface area (TPSA) is 15.3 Å². The monoisotopic (exact) mass is 264 g/mol. The number of benzene rings is 1. The maximum absolute atomic E-state index is 3.76. The summed E-state index contributed by atoms with van der Waals surface area (Å²) in [4.78, 5) is 2.14. The summed E-state index contributed by atoms with van der Waals surface area (Å²) in [6.45, 7) is 2.27. The van der Waals surface area contributed by atoms with E-state index in [1.165, 1.54) is 35.6 Å². The van der Waals surface area contributed by atoms with Crippen LogP contribution in [0.4, 0.5) is 5.69 Å². The predicted octanol–water partition coefficient (Wildman–Crippen LogP) is 3.30. The van der Waals surface area contributed by atoms with E-state index in [1.54, 1.807) is 0 Å². The Labute approximate surface area is 115 Å². The van der Waals surface area contributed by atoms with Crippen LogP contribution in [0.15, 0.2) is 24.3 Å². The lowest BCUT2D eigenvalue weighted by Gasteiger charge is -2.27. The normalized spacial score (nSPS) is 18.6. The van der Waals surface area contributed by atoms with E-state index in [0.717, 1.165) is 0 Å². The van der Waals surface area contributed by atoms with Crippen LogP contribution in [0.1, 0.15) is 31.4 Å². The molecule has 0 bridgehead atoms. The predicted molar refractivity (Wildman–Crippen MR) is 82.7 cm³/mol. The van der Waals surface area contributed by atoms with Crippen molar-refractivity contribution in [2.75, 3.05) is 30.5 Å². The second kappa shape index (κ2) is 6.48. The minimum atomic E-state index is 0.453. The molecule has 1 unspecified atom stereocenters. The molecule has 0 radical (unpaired) electrons. The average Bonchev–Trinajstić information content (AvgIpc) is 2.40. The van der Waals surface area contributed by atoms with Crippen molar-refractivity contribution in [1.82, 2.24) is 5.32 Å². The van der Waals surface area contributed by atoms with Gasteiger partial charge in [0, 0.05) is 31.9 Å². The summed E-state index contributed by atoms with van der Waals surface area (Å²) in [5.74, 6) is 2.62. The average molecular weight is 264 g/mol. The Balaban J connectivity index is 1.93. The van der Waals surface area contributed by atoms with Crippen LogP contribution >= 0.6 is 11.8 Å². The molecule has 1 saturated heterocycles. The van der Waals surface area contributed by atoms with Crippen LogP contribution in [0.2, 0.25) is 0 Å². The van der Waals surface area contributed by atoms with Gasteiger partial charge in [0.2, 0.25) is 0 Å². The molecule has 0 saturated carbocycles. The van der Waals surface area contributed by atoms with E-state index in [1.807, 2.05) is 0 Å². The fraction of sp³-hybridized carbons (Fsp3) is 0.600. The SMILES string of the molecule is CC(NC1CCSCC1)c1ccc(N(C)C)cc1. The number of anilines is 1. The van der Waals surface area contributed by atoms with Crippen LogP contribution in [0, 0.1) is 0 Å². The Morgan fingerprint density at radius 1 is 1.17 bits per heavy atom. The molecular weight excluding hydrogens is 240 g/mol. The number of thioether (sulfide) groups is 1. The molecule has 1 aromatic carbocycles. The maximum Gasteiger partial charge on any atom is 0.0361 e. The standard InChI is InChI=1S/C15H24N2S/c1-12(16-14-8-10-18-11-9-14)13-4-6-15(7-5-13)17(2)3/h4-7,12,14,16H,8-11H2,1-3H3. The first kappa shape index (κ1) is 13.8. The minimum Gasteiger partial charge on any atom is -0.378 e. The van der Waals surface area contributed by atoms with E-state index in [9.17, 15) is 0 Å². The van der Waals surface area contributed by atoms with Crippen LogP contribution < -0.4 is 10.2 Å². The second-order valence-corrected chi connectivity index (χ2v) is 6.49. The van der Waals surface area contributed by atoms with Gasteiger partial charge in [-0.1, -0.05) is 12.1 Å². The van der Waals surface area contributed by atoms with Crippen molar-refractivity contribution in [3.8, 4) is 0 Å². The van der Waals surface area contributed by atoms with Gasteiger partial charge in [-0.2, -0.15) is 11.8 Å². The van der Waals surface area contributed by atoms with Gasteiger partial charge in [0.15, 0.2) is 0 Å². The van der Waals surface area contributed by atoms with Gasteiger partial charge in [-0.05, 0) is 49.0 Å². The molecule has 18 heavy (non-hydrogen) atoms. The van der Waals surface area contributed by atoms with Gasteiger partial charge >= 0.3 is 0 Å². The third-order valence-electron chi connectivity index (χ3n) is 3.62. The number of hydrogen-bond acceptors (Lipinski definition) is 3. The molecule has 1 N–H and O–H groups in total. The summed E-state index contributed by atoms with van der Waals surface area (Å²) in [6.07, 6.45) is 2.62. The summed E-state index contributed by atoms with van der Waals surface area (Å²) >= 11 is 2.08. The van der Waals surface area contributed by atoms with Gasteiger partial charge < -0.3 is 10.2 Å². The summed E-state index contributed by atoms with van der Waals surface area (Å²) in [5, 5.41) is 3.76. The van der Waals surface area contributed by atoms with Gasteiger partial charge in [0.05, 0.1) is 0 Å². The van der Waals surface area contributed by atoms with Crippen molar-refractivity contribution in [3.63, 3.8) is 0 Å². The van der Waals surface area contributed by atoms with Gasteiger partial charge in [-0.15, -0.1) is 0 Å². The van der Waals surface area contributed by atoms with E-state index >= 15 is 0 Å². The molecule has 1 aliphatic heterocycles. The van der Waals surface area contributed by atoms with Gasteiger partial charge in [-0.25, -0.2) is 0 Å². The van der Waals surface area contributed by atoms with Crippen LogP contribution in [-0.2, 0) is 0 Å². The lowest BCUT2D eigenvalue weighted by atomic mass is 10.0. The summed E-state index contributed by atoms with van der Waals surface area (Å²) in [6, 6.07) is 10.0. The zero-order valence-corrected chi connectivity index (χ0v) is 12.5. The molecule has 1 atom stereocenters. The largest absolute Gasteiger partial charge is 0.378 e. The van der Waals surface area contributed by atoms with Crippen molar-refractivity contribution < 1.29 is 0 Å². The van der Waals surface area contributed by atoms with Crippen LogP contribution in [0.25, 0.3) is 0 Å². The second-order valence-electron chi connectivity index (χ2n) is 5.26. The van der Waals surface area contributed by atoms with E-state index in [2.05, 4.69) is 67.3 Å². The number of rotatable bonds is 4. The molecule has 0 amide bonds. The summed E-state index contributed by atoms with van der Waals surface area (Å²) in [7, 11) is 4.16. The van der Waals surface area contributed by atoms with Crippen molar-refractivity contribution in [2.24, 2.45) is 0 Å². The number of hydrogen-bond donors (Lipinski definition) is 1. The zero-order chi connectivity index (χ0) is 13.0. The molecule has 2 rings (SSSR count). The highest BCUT2D eigenvalue weighted by Crippen LogP contribution is 2.22. The van der Waals surface area contributed by atoms with Crippen molar-refractivity contribution in [1.29, 1.82) is 0 Å². The van der Waals surface area contributed by atoms with Crippen LogP contribution in [-0.4, -0.2) is 31.6 Å². The minimum absolute atomic E-state index is 0.453. The van der Waals surface area contributed by atoms with E-state index in [0.29, 0.717) is 12.1 Å². The lowest BCUT2D eigenvalue weighted by molar-refractivity contribution is 0.431. The highest BCUT2D eigenvalue weighted by Gasteiger charge is 2.16. The van der Waals surface area contributed by atoms with E-state index < -0.39 is 0 Å². The molecule has 3 heteroatoms. The van der Waals surface area contributed by atoms with Gasteiger partial charge in [0.25, 0.3) is 0 Å². The quantitative estimate of drug-likeness (QED) is 0.898. The Morgan fingerprint density at radius 3 is 2.33 bits per heavy atom. The fourth-order valence-electron chi connectivity index (χ4n) is 2.38.